The van der Waals surface area contributed by atoms with E-state index >= 15 is 0 Å². The Morgan fingerprint density at radius 3 is 2.57 bits per heavy atom. The van der Waals surface area contributed by atoms with Crippen LogP contribution in [0.3, 0.4) is 0 Å². The van der Waals surface area contributed by atoms with E-state index in [1.807, 2.05) is 18.4 Å². The quantitative estimate of drug-likeness (QED) is 0.677. The lowest BCUT2D eigenvalue weighted by molar-refractivity contribution is 0.186. The highest BCUT2D eigenvalue weighted by Gasteiger charge is 2.28. The maximum atomic E-state index is 12.9. The van der Waals surface area contributed by atoms with Crippen LogP contribution in [0.4, 0.5) is 4.79 Å². The molecule has 3 rings (SSSR count). The molecular formula is C18H25N3O4S3. The number of aryl methyl sites for hydroxylation is 1. The van der Waals surface area contributed by atoms with Gasteiger partial charge in [0, 0.05) is 25.5 Å². The minimum Gasteiger partial charge on any atom is -0.465 e. The molecule has 2 N–H and O–H groups in total. The molecule has 7 nitrogen and oxygen atoms in total. The Labute approximate surface area is 173 Å². The largest absolute Gasteiger partial charge is 0.465 e. The summed E-state index contributed by atoms with van der Waals surface area (Å²) in [5, 5.41) is 14.0. The van der Waals surface area contributed by atoms with Gasteiger partial charge in [0.15, 0.2) is 0 Å². The Bertz CT molecular complexity index is 914. The number of nitrogens with zero attached hydrogens (tertiary/aromatic N) is 2. The van der Waals surface area contributed by atoms with Crippen molar-refractivity contribution in [1.82, 2.24) is 14.6 Å². The number of sulfonamides is 1. The van der Waals surface area contributed by atoms with E-state index < -0.39 is 16.1 Å². The van der Waals surface area contributed by atoms with Gasteiger partial charge in [-0.1, -0.05) is 0 Å². The number of carbonyl (C=O) groups is 1. The molecule has 0 bridgehead atoms. The molecule has 2 aromatic rings. The van der Waals surface area contributed by atoms with Crippen LogP contribution in [0, 0.1) is 18.8 Å². The van der Waals surface area contributed by atoms with E-state index in [1.54, 1.807) is 24.5 Å². The fourth-order valence-electron chi connectivity index (χ4n) is 3.54. The van der Waals surface area contributed by atoms with E-state index in [-0.39, 0.29) is 0 Å². The summed E-state index contributed by atoms with van der Waals surface area (Å²) >= 11 is 2.81. The average molecular weight is 444 g/mol. The number of aromatic nitrogens is 1. The van der Waals surface area contributed by atoms with Gasteiger partial charge in [0.05, 0.1) is 15.6 Å². The Hall–Kier alpha value is -1.49. The topological polar surface area (TPSA) is 99.6 Å². The van der Waals surface area contributed by atoms with Crippen LogP contribution in [0.1, 0.15) is 30.7 Å². The molecule has 0 unspecified atom stereocenters. The van der Waals surface area contributed by atoms with Gasteiger partial charge < -0.3 is 10.4 Å². The smallest absolute Gasteiger partial charge is 0.404 e. The van der Waals surface area contributed by atoms with Crippen LogP contribution < -0.4 is 5.32 Å². The molecule has 1 aliphatic carbocycles. The van der Waals surface area contributed by atoms with Crippen LogP contribution in [0.5, 0.6) is 0 Å². The normalized spacial score (nSPS) is 20.4. The molecule has 1 aliphatic rings. The van der Waals surface area contributed by atoms with Crippen LogP contribution in [0.25, 0.3) is 10.6 Å². The summed E-state index contributed by atoms with van der Waals surface area (Å²) in [6.45, 7) is 2.90. The predicted octanol–water partition coefficient (Wildman–Crippen LogP) is 3.87. The van der Waals surface area contributed by atoms with E-state index in [4.69, 9.17) is 5.11 Å². The molecule has 0 aliphatic heterocycles. The molecule has 2 heterocycles. The third kappa shape index (κ3) is 5.11. The lowest BCUT2D eigenvalue weighted by atomic mass is 9.82. The van der Waals surface area contributed by atoms with Crippen molar-refractivity contribution in [3.05, 3.63) is 22.5 Å². The van der Waals surface area contributed by atoms with E-state index in [2.05, 4.69) is 10.3 Å². The molecule has 1 amide bonds. The second-order valence-corrected chi connectivity index (χ2v) is 11.6. The fourth-order valence-corrected chi connectivity index (χ4v) is 6.95. The van der Waals surface area contributed by atoms with Crippen molar-refractivity contribution >= 4 is 38.8 Å². The van der Waals surface area contributed by atoms with E-state index in [0.29, 0.717) is 29.1 Å². The molecular weight excluding hydrogens is 418 g/mol. The molecule has 0 radical (unpaired) electrons. The van der Waals surface area contributed by atoms with E-state index in [9.17, 15) is 13.2 Å². The lowest BCUT2D eigenvalue weighted by Gasteiger charge is -2.30. The predicted molar refractivity (Wildman–Crippen MR) is 111 cm³/mol. The van der Waals surface area contributed by atoms with Gasteiger partial charge in [-0.3, -0.25) is 0 Å². The third-order valence-electron chi connectivity index (χ3n) is 5.14. The summed E-state index contributed by atoms with van der Waals surface area (Å²) < 4.78 is 27.7. The number of thiophene rings is 1. The molecule has 10 heteroatoms. The number of carboxylic acid groups (broad SMARTS) is 1. The van der Waals surface area contributed by atoms with Gasteiger partial charge in [-0.15, -0.1) is 22.7 Å². The third-order valence-corrected chi connectivity index (χ3v) is 9.31. The molecule has 1 fully saturated rings. The minimum atomic E-state index is -3.52. The van der Waals surface area contributed by atoms with Gasteiger partial charge in [0.1, 0.15) is 4.21 Å². The van der Waals surface area contributed by atoms with Crippen LogP contribution in [0.2, 0.25) is 0 Å². The number of hydrogen-bond acceptors (Lipinski definition) is 6. The summed E-state index contributed by atoms with van der Waals surface area (Å²) in [4.78, 5) is 15.9. The summed E-state index contributed by atoms with van der Waals surface area (Å²) in [6, 6.07) is 3.48. The molecule has 0 spiro atoms. The molecule has 0 saturated heterocycles. The van der Waals surface area contributed by atoms with Crippen LogP contribution in [-0.4, -0.2) is 49.0 Å². The maximum absolute atomic E-state index is 12.9. The van der Waals surface area contributed by atoms with Gasteiger partial charge in [-0.25, -0.2) is 18.2 Å². The average Bonchev–Trinajstić information content (AvgIpc) is 3.30. The standard InChI is InChI=1S/C18H25N3O4S3/c1-12-20-15(11-26-12)16-7-8-17(27-16)28(24,25)21(2)10-14-5-3-13(4-6-14)9-19-18(22)23/h7-8,11,13-14,19H,3-6,9-10H2,1-2H3,(H,22,23)/t13-,14-. The van der Waals surface area contributed by atoms with Crippen molar-refractivity contribution in [3.8, 4) is 10.6 Å². The van der Waals surface area contributed by atoms with Gasteiger partial charge in [0.2, 0.25) is 0 Å². The first kappa shape index (κ1) is 21.2. The molecule has 1 saturated carbocycles. The van der Waals surface area contributed by atoms with Crippen LogP contribution in [-0.2, 0) is 10.0 Å². The molecule has 2 aromatic heterocycles. The second kappa shape index (κ2) is 8.89. The number of amides is 1. The SMILES string of the molecule is Cc1nc(-c2ccc(S(=O)(=O)N(C)C[C@H]3CC[C@H](CNC(=O)O)CC3)s2)cs1. The molecule has 154 valence electrons. The van der Waals surface area contributed by atoms with Crippen molar-refractivity contribution in [3.63, 3.8) is 0 Å². The van der Waals surface area contributed by atoms with Gasteiger partial charge in [-0.2, -0.15) is 4.31 Å². The van der Waals surface area contributed by atoms with Crippen molar-refractivity contribution in [2.24, 2.45) is 11.8 Å². The first-order chi connectivity index (χ1) is 13.3. The Balaban J connectivity index is 1.57. The van der Waals surface area contributed by atoms with Crippen LogP contribution >= 0.6 is 22.7 Å². The molecule has 0 atom stereocenters. The van der Waals surface area contributed by atoms with Crippen molar-refractivity contribution in [2.75, 3.05) is 20.1 Å². The molecule has 28 heavy (non-hydrogen) atoms. The van der Waals surface area contributed by atoms with Gasteiger partial charge in [0.25, 0.3) is 10.0 Å². The van der Waals surface area contributed by atoms with E-state index in [0.717, 1.165) is 41.3 Å². The summed E-state index contributed by atoms with van der Waals surface area (Å²) in [5.74, 6) is 0.650. The zero-order valence-corrected chi connectivity index (χ0v) is 18.4. The second-order valence-electron chi connectivity index (χ2n) is 7.23. The Morgan fingerprint density at radius 1 is 1.29 bits per heavy atom. The Kier molecular flexibility index (Phi) is 6.74. The fraction of sp³-hybridized carbons (Fsp3) is 0.556. The number of thiazole rings is 1. The van der Waals surface area contributed by atoms with Crippen molar-refractivity contribution in [1.29, 1.82) is 0 Å². The summed E-state index contributed by atoms with van der Waals surface area (Å²) in [5.41, 5.74) is 0.824. The summed E-state index contributed by atoms with van der Waals surface area (Å²) in [6.07, 6.45) is 2.69. The van der Waals surface area contributed by atoms with Gasteiger partial charge >= 0.3 is 6.09 Å². The zero-order chi connectivity index (χ0) is 20.3. The zero-order valence-electron chi connectivity index (χ0n) is 15.9. The lowest BCUT2D eigenvalue weighted by Crippen LogP contribution is -2.35. The van der Waals surface area contributed by atoms with Crippen molar-refractivity contribution in [2.45, 2.75) is 36.8 Å². The number of rotatable bonds is 7. The highest BCUT2D eigenvalue weighted by atomic mass is 32.2. The number of hydrogen-bond donors (Lipinski definition) is 2. The Morgan fingerprint density at radius 2 is 1.96 bits per heavy atom. The maximum Gasteiger partial charge on any atom is 0.404 e. The first-order valence-corrected chi connectivity index (χ1v) is 12.3. The highest BCUT2D eigenvalue weighted by molar-refractivity contribution is 7.91. The highest BCUT2D eigenvalue weighted by Crippen LogP contribution is 2.34. The monoisotopic (exact) mass is 443 g/mol. The van der Waals surface area contributed by atoms with Crippen molar-refractivity contribution < 1.29 is 18.3 Å². The number of nitrogens with one attached hydrogen (secondary N) is 1. The van der Waals surface area contributed by atoms with E-state index in [1.165, 1.54) is 15.6 Å². The minimum absolute atomic E-state index is 0.307. The summed E-state index contributed by atoms with van der Waals surface area (Å²) in [7, 11) is -1.88. The van der Waals surface area contributed by atoms with Gasteiger partial charge in [-0.05, 0) is 56.6 Å². The first-order valence-electron chi connectivity index (χ1n) is 9.21. The van der Waals surface area contributed by atoms with Crippen LogP contribution in [0.15, 0.2) is 21.7 Å². The molecule has 0 aromatic carbocycles.